The van der Waals surface area contributed by atoms with Crippen LogP contribution in [-0.4, -0.2) is 9.46 Å². The Hall–Kier alpha value is 0.170. The van der Waals surface area contributed by atoms with Gasteiger partial charge < -0.3 is 0 Å². The molecule has 0 unspecified atom stereocenters. The van der Waals surface area contributed by atoms with Crippen molar-refractivity contribution in [2.75, 3.05) is 5.08 Å². The van der Waals surface area contributed by atoms with Crippen LogP contribution >= 0.6 is 46.7 Å². The van der Waals surface area contributed by atoms with Crippen molar-refractivity contribution in [3.8, 4) is 0 Å². The Morgan fingerprint density at radius 3 is 2.64 bits per heavy atom. The van der Waals surface area contributed by atoms with E-state index in [1.165, 1.54) is 0 Å². The van der Waals surface area contributed by atoms with Crippen molar-refractivity contribution in [2.24, 2.45) is 4.99 Å². The van der Waals surface area contributed by atoms with Gasteiger partial charge in [-0.3, -0.25) is 4.99 Å². The lowest BCUT2D eigenvalue weighted by atomic mass is 10.2. The second-order valence-corrected chi connectivity index (χ2v) is 6.12. The Labute approximate surface area is 101 Å². The van der Waals surface area contributed by atoms with Crippen molar-refractivity contribution in [3.63, 3.8) is 0 Å². The maximum Gasteiger partial charge on any atom is 0.126 e. The number of nitrogens with zero attached hydrogens (tertiary/aromatic N) is 1. The standard InChI is InChI=1S/C9H7Cl2NS2/c10-7-2-1-6(8(11)3-7)4-12-9-13-5-14-9/h1-3H,4-5H2. The highest BCUT2D eigenvalue weighted by Crippen LogP contribution is 2.33. The van der Waals surface area contributed by atoms with Crippen LogP contribution in [-0.2, 0) is 6.54 Å². The van der Waals surface area contributed by atoms with Gasteiger partial charge in [-0.05, 0) is 17.7 Å². The third kappa shape index (κ3) is 2.60. The molecule has 0 aromatic heterocycles. The Bertz CT molecular complexity index is 373. The van der Waals surface area contributed by atoms with E-state index >= 15 is 0 Å². The Kier molecular flexibility index (Phi) is 3.66. The van der Waals surface area contributed by atoms with Gasteiger partial charge in [0.2, 0.25) is 0 Å². The first-order chi connectivity index (χ1) is 6.75. The van der Waals surface area contributed by atoms with Gasteiger partial charge in [-0.25, -0.2) is 0 Å². The molecule has 74 valence electrons. The third-order valence-electron chi connectivity index (χ3n) is 1.76. The summed E-state index contributed by atoms with van der Waals surface area (Å²) in [6.45, 7) is 0.644. The zero-order valence-electron chi connectivity index (χ0n) is 7.17. The van der Waals surface area contributed by atoms with Gasteiger partial charge in [-0.2, -0.15) is 0 Å². The van der Waals surface area contributed by atoms with E-state index in [-0.39, 0.29) is 0 Å². The van der Waals surface area contributed by atoms with Crippen LogP contribution in [0.1, 0.15) is 5.56 Å². The van der Waals surface area contributed by atoms with Crippen LogP contribution < -0.4 is 0 Å². The molecule has 0 saturated carbocycles. The molecule has 1 fully saturated rings. The van der Waals surface area contributed by atoms with Gasteiger partial charge in [-0.1, -0.05) is 52.8 Å². The van der Waals surface area contributed by atoms with E-state index in [0.29, 0.717) is 16.6 Å². The molecule has 0 aliphatic carbocycles. The van der Waals surface area contributed by atoms with Crippen LogP contribution in [0.4, 0.5) is 0 Å². The molecule has 0 radical (unpaired) electrons. The minimum atomic E-state index is 0.644. The summed E-state index contributed by atoms with van der Waals surface area (Å²) in [5.41, 5.74) is 1.02. The minimum Gasteiger partial charge on any atom is -0.267 e. The monoisotopic (exact) mass is 263 g/mol. The summed E-state index contributed by atoms with van der Waals surface area (Å²) in [4.78, 5) is 4.41. The number of aliphatic imine (C=N–C) groups is 1. The summed E-state index contributed by atoms with van der Waals surface area (Å²) in [5.74, 6) is 0. The second kappa shape index (κ2) is 4.79. The zero-order chi connectivity index (χ0) is 9.97. The van der Waals surface area contributed by atoms with E-state index in [1.807, 2.05) is 12.1 Å². The highest BCUT2D eigenvalue weighted by molar-refractivity contribution is 8.52. The molecule has 2 rings (SSSR count). The predicted molar refractivity (Wildman–Crippen MR) is 67.7 cm³/mol. The van der Waals surface area contributed by atoms with Crippen molar-refractivity contribution in [2.45, 2.75) is 6.54 Å². The fourth-order valence-electron chi connectivity index (χ4n) is 1.00. The molecule has 0 spiro atoms. The van der Waals surface area contributed by atoms with Crippen LogP contribution in [0.25, 0.3) is 0 Å². The van der Waals surface area contributed by atoms with E-state index < -0.39 is 0 Å². The van der Waals surface area contributed by atoms with Crippen LogP contribution in [0.5, 0.6) is 0 Å². The first kappa shape index (κ1) is 10.7. The van der Waals surface area contributed by atoms with Crippen LogP contribution in [0.15, 0.2) is 23.2 Å². The van der Waals surface area contributed by atoms with Gasteiger partial charge in [0.05, 0.1) is 11.6 Å². The number of halogens is 2. The molecule has 1 aliphatic rings. The van der Waals surface area contributed by atoms with E-state index in [0.717, 1.165) is 15.0 Å². The van der Waals surface area contributed by atoms with Crippen molar-refractivity contribution >= 4 is 51.1 Å². The van der Waals surface area contributed by atoms with Crippen LogP contribution in [0.3, 0.4) is 0 Å². The zero-order valence-corrected chi connectivity index (χ0v) is 10.3. The van der Waals surface area contributed by atoms with Gasteiger partial charge in [0.1, 0.15) is 4.38 Å². The number of benzene rings is 1. The van der Waals surface area contributed by atoms with Crippen molar-refractivity contribution in [1.29, 1.82) is 0 Å². The van der Waals surface area contributed by atoms with Crippen LogP contribution in [0, 0.1) is 0 Å². The number of hydrogen-bond acceptors (Lipinski definition) is 3. The normalized spacial score (nSPS) is 15.1. The molecule has 0 bridgehead atoms. The van der Waals surface area contributed by atoms with E-state index in [4.69, 9.17) is 23.2 Å². The summed E-state index contributed by atoms with van der Waals surface area (Å²) >= 11 is 15.4. The summed E-state index contributed by atoms with van der Waals surface area (Å²) < 4.78 is 1.15. The summed E-state index contributed by atoms with van der Waals surface area (Å²) in [5, 5.41) is 2.47. The lowest BCUT2D eigenvalue weighted by Gasteiger charge is -2.12. The largest absolute Gasteiger partial charge is 0.267 e. The molecule has 5 heteroatoms. The summed E-state index contributed by atoms with van der Waals surface area (Å²) in [6, 6.07) is 5.51. The topological polar surface area (TPSA) is 12.4 Å². The third-order valence-corrected chi connectivity index (χ3v) is 4.75. The first-order valence-corrected chi connectivity index (χ1v) is 6.72. The van der Waals surface area contributed by atoms with E-state index in [9.17, 15) is 0 Å². The molecule has 1 aliphatic heterocycles. The Morgan fingerprint density at radius 1 is 1.29 bits per heavy atom. The molecular weight excluding hydrogens is 257 g/mol. The number of hydrogen-bond donors (Lipinski definition) is 0. The van der Waals surface area contributed by atoms with Gasteiger partial charge >= 0.3 is 0 Å². The first-order valence-electron chi connectivity index (χ1n) is 3.99. The number of thioether (sulfide) groups is 2. The molecular formula is C9H7Cl2NS2. The van der Waals surface area contributed by atoms with Crippen molar-refractivity contribution < 1.29 is 0 Å². The fourth-order valence-corrected chi connectivity index (χ4v) is 2.68. The molecule has 14 heavy (non-hydrogen) atoms. The lowest BCUT2D eigenvalue weighted by molar-refractivity contribution is 1.08. The number of rotatable bonds is 2. The quantitative estimate of drug-likeness (QED) is 0.790. The maximum absolute atomic E-state index is 6.01. The van der Waals surface area contributed by atoms with Crippen molar-refractivity contribution in [1.82, 2.24) is 0 Å². The minimum absolute atomic E-state index is 0.644. The summed E-state index contributed by atoms with van der Waals surface area (Å²) in [6.07, 6.45) is 0. The van der Waals surface area contributed by atoms with Gasteiger partial charge in [0, 0.05) is 10.0 Å². The van der Waals surface area contributed by atoms with E-state index in [2.05, 4.69) is 4.99 Å². The lowest BCUT2D eigenvalue weighted by Crippen LogP contribution is -1.99. The Morgan fingerprint density at radius 2 is 2.07 bits per heavy atom. The smallest absolute Gasteiger partial charge is 0.126 e. The van der Waals surface area contributed by atoms with Gasteiger partial charge in [-0.15, -0.1) is 0 Å². The summed E-state index contributed by atoms with van der Waals surface area (Å²) in [7, 11) is 0. The average molecular weight is 264 g/mol. The van der Waals surface area contributed by atoms with Crippen molar-refractivity contribution in [3.05, 3.63) is 33.8 Å². The molecule has 1 heterocycles. The molecule has 1 aromatic rings. The molecule has 0 amide bonds. The van der Waals surface area contributed by atoms with Gasteiger partial charge in [0.25, 0.3) is 0 Å². The molecule has 1 aromatic carbocycles. The molecule has 0 N–H and O–H groups in total. The molecule has 1 saturated heterocycles. The Balaban J connectivity index is 2.08. The molecule has 1 nitrogen and oxygen atoms in total. The van der Waals surface area contributed by atoms with Gasteiger partial charge in [0.15, 0.2) is 0 Å². The molecule has 0 atom stereocenters. The SMILES string of the molecule is Clc1ccc(CN=C2SCS2)c(Cl)c1. The predicted octanol–water partition coefficient (Wildman–Crippen LogP) is 4.29. The highest BCUT2D eigenvalue weighted by Gasteiger charge is 2.11. The average Bonchev–Trinajstić information content (AvgIpc) is 2.05. The fraction of sp³-hybridized carbons (Fsp3) is 0.222. The second-order valence-electron chi connectivity index (χ2n) is 2.72. The highest BCUT2D eigenvalue weighted by atomic mass is 35.5. The maximum atomic E-state index is 6.01. The van der Waals surface area contributed by atoms with Crippen LogP contribution in [0.2, 0.25) is 10.0 Å². The van der Waals surface area contributed by atoms with E-state index in [1.54, 1.807) is 29.6 Å².